The second-order valence-corrected chi connectivity index (χ2v) is 5.58. The summed E-state index contributed by atoms with van der Waals surface area (Å²) in [5.74, 6) is 0.243. The van der Waals surface area contributed by atoms with Crippen molar-refractivity contribution in [3.63, 3.8) is 0 Å². The highest BCUT2D eigenvalue weighted by Gasteiger charge is 2.16. The van der Waals surface area contributed by atoms with Crippen molar-refractivity contribution in [3.05, 3.63) is 60.2 Å². The fourth-order valence-corrected chi connectivity index (χ4v) is 2.44. The molecule has 0 saturated heterocycles. The average Bonchev–Trinajstić information content (AvgIpc) is 2.62. The first-order valence-corrected chi connectivity index (χ1v) is 8.46. The third-order valence-corrected chi connectivity index (χ3v) is 3.71. The summed E-state index contributed by atoms with van der Waals surface area (Å²) in [6, 6.07) is 16.8. The Morgan fingerprint density at radius 3 is 2.28 bits per heavy atom. The maximum atomic E-state index is 12.4. The maximum absolute atomic E-state index is 12.4. The fraction of sp³-hybridized carbons (Fsp3) is 0.300. The summed E-state index contributed by atoms with van der Waals surface area (Å²) in [5, 5.41) is 2.74. The van der Waals surface area contributed by atoms with Crippen molar-refractivity contribution in [1.82, 2.24) is 4.90 Å². The molecule has 132 valence electrons. The molecule has 0 aromatic heterocycles. The Kier molecular flexibility index (Phi) is 7.01. The molecule has 0 atom stereocenters. The van der Waals surface area contributed by atoms with Gasteiger partial charge in [0.1, 0.15) is 12.2 Å². The second kappa shape index (κ2) is 9.47. The van der Waals surface area contributed by atoms with Crippen molar-refractivity contribution in [3.8, 4) is 5.75 Å². The smallest absolute Gasteiger partial charge is 0.233 e. The van der Waals surface area contributed by atoms with Gasteiger partial charge in [-0.2, -0.15) is 0 Å². The first kappa shape index (κ1) is 18.5. The topological polar surface area (TPSA) is 58.6 Å². The minimum Gasteiger partial charge on any atom is -0.494 e. The van der Waals surface area contributed by atoms with E-state index >= 15 is 0 Å². The van der Waals surface area contributed by atoms with Crippen LogP contribution in [0.15, 0.2) is 54.6 Å². The number of benzene rings is 2. The van der Waals surface area contributed by atoms with Crippen LogP contribution in [0.2, 0.25) is 0 Å². The number of hydrogen-bond acceptors (Lipinski definition) is 3. The van der Waals surface area contributed by atoms with E-state index in [9.17, 15) is 9.59 Å². The van der Waals surface area contributed by atoms with E-state index in [1.165, 1.54) is 0 Å². The third kappa shape index (κ3) is 5.95. The summed E-state index contributed by atoms with van der Waals surface area (Å²) in [6.07, 6.45) is -0.173. The molecule has 0 saturated carbocycles. The standard InChI is InChI=1S/C20H24N2O3/c1-3-22(15-16-8-6-5-7-9-16)20(24)14-19(23)21-17-10-12-18(13-11-17)25-4-2/h5-13H,3-4,14-15H2,1-2H3,(H,21,23). The normalized spacial score (nSPS) is 10.2. The lowest BCUT2D eigenvalue weighted by molar-refractivity contribution is -0.134. The van der Waals surface area contributed by atoms with Gasteiger partial charge in [-0.3, -0.25) is 9.59 Å². The van der Waals surface area contributed by atoms with Crippen LogP contribution in [0.5, 0.6) is 5.75 Å². The van der Waals surface area contributed by atoms with Gasteiger partial charge in [0.2, 0.25) is 11.8 Å². The number of nitrogens with zero attached hydrogens (tertiary/aromatic N) is 1. The van der Waals surface area contributed by atoms with Crippen LogP contribution in [0.25, 0.3) is 0 Å². The predicted octanol–water partition coefficient (Wildman–Crippen LogP) is 3.46. The van der Waals surface area contributed by atoms with Gasteiger partial charge in [0.25, 0.3) is 0 Å². The summed E-state index contributed by atoms with van der Waals surface area (Å²) in [6.45, 7) is 5.48. The van der Waals surface area contributed by atoms with Gasteiger partial charge in [-0.05, 0) is 43.7 Å². The number of ether oxygens (including phenoxy) is 1. The van der Waals surface area contributed by atoms with Crippen LogP contribution < -0.4 is 10.1 Å². The number of rotatable bonds is 8. The Hall–Kier alpha value is -2.82. The Balaban J connectivity index is 1.88. The Labute approximate surface area is 148 Å². The highest BCUT2D eigenvalue weighted by Crippen LogP contribution is 2.16. The molecule has 0 radical (unpaired) electrons. The number of carbonyl (C=O) groups excluding carboxylic acids is 2. The van der Waals surface area contributed by atoms with Crippen LogP contribution in [-0.4, -0.2) is 29.9 Å². The molecule has 0 spiro atoms. The Morgan fingerprint density at radius 2 is 1.68 bits per heavy atom. The van der Waals surface area contributed by atoms with E-state index < -0.39 is 0 Å². The number of carbonyl (C=O) groups is 2. The molecular formula is C20H24N2O3. The van der Waals surface area contributed by atoms with Crippen LogP contribution in [0, 0.1) is 0 Å². The molecule has 0 bridgehead atoms. The van der Waals surface area contributed by atoms with Gasteiger partial charge in [0, 0.05) is 18.8 Å². The molecule has 1 N–H and O–H groups in total. The molecule has 2 amide bonds. The van der Waals surface area contributed by atoms with E-state index in [1.54, 1.807) is 29.2 Å². The van der Waals surface area contributed by atoms with E-state index in [1.807, 2.05) is 44.2 Å². The van der Waals surface area contributed by atoms with Crippen LogP contribution in [0.1, 0.15) is 25.8 Å². The molecule has 2 rings (SSSR count). The summed E-state index contributed by atoms with van der Waals surface area (Å²) in [4.78, 5) is 26.2. The molecule has 2 aromatic carbocycles. The van der Waals surface area contributed by atoms with Gasteiger partial charge in [-0.25, -0.2) is 0 Å². The van der Waals surface area contributed by atoms with Crippen molar-refractivity contribution in [2.45, 2.75) is 26.8 Å². The maximum Gasteiger partial charge on any atom is 0.233 e. The third-order valence-electron chi connectivity index (χ3n) is 3.71. The molecule has 5 heteroatoms. The lowest BCUT2D eigenvalue weighted by atomic mass is 10.2. The van der Waals surface area contributed by atoms with Gasteiger partial charge in [0.15, 0.2) is 0 Å². The van der Waals surface area contributed by atoms with Crippen LogP contribution in [0.4, 0.5) is 5.69 Å². The van der Waals surface area contributed by atoms with Gasteiger partial charge in [0.05, 0.1) is 6.61 Å². The summed E-state index contributed by atoms with van der Waals surface area (Å²) in [5.41, 5.74) is 1.69. The second-order valence-electron chi connectivity index (χ2n) is 5.58. The van der Waals surface area contributed by atoms with Crippen molar-refractivity contribution < 1.29 is 14.3 Å². The summed E-state index contributed by atoms with van der Waals surface area (Å²) in [7, 11) is 0. The quantitative estimate of drug-likeness (QED) is 0.749. The molecule has 0 unspecified atom stereocenters. The SMILES string of the molecule is CCOc1ccc(NC(=O)CC(=O)N(CC)Cc2ccccc2)cc1. The van der Waals surface area contributed by atoms with E-state index in [-0.39, 0.29) is 18.2 Å². The van der Waals surface area contributed by atoms with E-state index in [0.29, 0.717) is 25.4 Å². The minimum atomic E-state index is -0.319. The average molecular weight is 340 g/mol. The molecule has 0 heterocycles. The molecular weight excluding hydrogens is 316 g/mol. The first-order valence-electron chi connectivity index (χ1n) is 8.46. The van der Waals surface area contributed by atoms with Crippen LogP contribution in [-0.2, 0) is 16.1 Å². The van der Waals surface area contributed by atoms with E-state index in [4.69, 9.17) is 4.74 Å². The van der Waals surface area contributed by atoms with Crippen molar-refractivity contribution in [2.75, 3.05) is 18.5 Å². The van der Waals surface area contributed by atoms with Crippen molar-refractivity contribution in [2.24, 2.45) is 0 Å². The highest BCUT2D eigenvalue weighted by molar-refractivity contribution is 6.03. The molecule has 0 aliphatic rings. The van der Waals surface area contributed by atoms with E-state index in [0.717, 1.165) is 11.3 Å². The van der Waals surface area contributed by atoms with E-state index in [2.05, 4.69) is 5.32 Å². The first-order chi connectivity index (χ1) is 12.1. The molecule has 2 aromatic rings. The number of anilines is 1. The minimum absolute atomic E-state index is 0.173. The largest absolute Gasteiger partial charge is 0.494 e. The Morgan fingerprint density at radius 1 is 1.00 bits per heavy atom. The predicted molar refractivity (Wildman–Crippen MR) is 98.4 cm³/mol. The van der Waals surface area contributed by atoms with Crippen LogP contribution >= 0.6 is 0 Å². The summed E-state index contributed by atoms with van der Waals surface area (Å²) >= 11 is 0. The zero-order valence-corrected chi connectivity index (χ0v) is 14.7. The Bertz CT molecular complexity index is 684. The van der Waals surface area contributed by atoms with Gasteiger partial charge in [-0.15, -0.1) is 0 Å². The molecule has 5 nitrogen and oxygen atoms in total. The summed E-state index contributed by atoms with van der Waals surface area (Å²) < 4.78 is 5.36. The molecule has 25 heavy (non-hydrogen) atoms. The zero-order valence-electron chi connectivity index (χ0n) is 14.7. The number of hydrogen-bond donors (Lipinski definition) is 1. The fourth-order valence-electron chi connectivity index (χ4n) is 2.44. The molecule has 0 aliphatic heterocycles. The van der Waals surface area contributed by atoms with Gasteiger partial charge in [-0.1, -0.05) is 30.3 Å². The molecule has 0 aliphatic carbocycles. The number of nitrogens with one attached hydrogen (secondary N) is 1. The highest BCUT2D eigenvalue weighted by atomic mass is 16.5. The lowest BCUT2D eigenvalue weighted by Gasteiger charge is -2.20. The van der Waals surface area contributed by atoms with Gasteiger partial charge < -0.3 is 15.0 Å². The van der Waals surface area contributed by atoms with Crippen LogP contribution in [0.3, 0.4) is 0 Å². The number of amides is 2. The zero-order chi connectivity index (χ0) is 18.1. The van der Waals surface area contributed by atoms with Gasteiger partial charge >= 0.3 is 0 Å². The molecule has 0 fully saturated rings. The van der Waals surface area contributed by atoms with Crippen molar-refractivity contribution in [1.29, 1.82) is 0 Å². The lowest BCUT2D eigenvalue weighted by Crippen LogP contribution is -2.33. The van der Waals surface area contributed by atoms with Crippen molar-refractivity contribution >= 4 is 17.5 Å². The monoisotopic (exact) mass is 340 g/mol.